The van der Waals surface area contributed by atoms with Gasteiger partial charge >= 0.3 is 0 Å². The van der Waals surface area contributed by atoms with Crippen molar-refractivity contribution in [1.29, 1.82) is 0 Å². The van der Waals surface area contributed by atoms with Crippen LogP contribution in [0.2, 0.25) is 0 Å². The number of nitrogens with two attached hydrogens (primary N) is 1. The summed E-state index contributed by atoms with van der Waals surface area (Å²) in [6.45, 7) is 13.0. The highest BCUT2D eigenvalue weighted by Crippen LogP contribution is 2.19. The summed E-state index contributed by atoms with van der Waals surface area (Å²) in [4.78, 5) is 16.6. The fourth-order valence-electron chi connectivity index (χ4n) is 3.08. The Hall–Kier alpha value is -0.610. The lowest BCUT2D eigenvalue weighted by molar-refractivity contribution is -0.136. The molecule has 1 saturated heterocycles. The van der Waals surface area contributed by atoms with Crippen LogP contribution in [0.5, 0.6) is 0 Å². The van der Waals surface area contributed by atoms with Gasteiger partial charge in [-0.15, -0.1) is 0 Å². The minimum Gasteiger partial charge on any atom is -0.337 e. The first-order valence-corrected chi connectivity index (χ1v) is 7.62. The third-order valence-electron chi connectivity index (χ3n) is 4.14. The van der Waals surface area contributed by atoms with Crippen LogP contribution in [-0.4, -0.2) is 53.5 Å². The molecule has 4 heteroatoms. The maximum atomic E-state index is 12.4. The number of hydrogen-bond donors (Lipinski definition) is 1. The second-order valence-corrected chi connectivity index (χ2v) is 6.46. The summed E-state index contributed by atoms with van der Waals surface area (Å²) in [6, 6.07) is 0.823. The third kappa shape index (κ3) is 4.77. The topological polar surface area (TPSA) is 49.6 Å². The molecule has 1 heterocycles. The zero-order valence-corrected chi connectivity index (χ0v) is 13.2. The van der Waals surface area contributed by atoms with E-state index in [-0.39, 0.29) is 24.0 Å². The van der Waals surface area contributed by atoms with E-state index in [1.807, 2.05) is 4.90 Å². The monoisotopic (exact) mass is 269 g/mol. The molecule has 0 aromatic rings. The van der Waals surface area contributed by atoms with E-state index in [0.29, 0.717) is 12.5 Å². The van der Waals surface area contributed by atoms with Crippen molar-refractivity contribution in [1.82, 2.24) is 9.80 Å². The molecule has 0 spiro atoms. The Morgan fingerprint density at radius 2 is 1.63 bits per heavy atom. The van der Waals surface area contributed by atoms with Crippen LogP contribution in [0.25, 0.3) is 0 Å². The van der Waals surface area contributed by atoms with E-state index in [9.17, 15) is 4.79 Å². The van der Waals surface area contributed by atoms with E-state index in [2.05, 4.69) is 39.5 Å². The second kappa shape index (κ2) is 7.25. The average molecular weight is 269 g/mol. The van der Waals surface area contributed by atoms with E-state index in [1.54, 1.807) is 0 Å². The van der Waals surface area contributed by atoms with Crippen LogP contribution in [0.1, 0.15) is 47.5 Å². The number of piperidine rings is 1. The van der Waals surface area contributed by atoms with Gasteiger partial charge in [0, 0.05) is 18.1 Å². The highest BCUT2D eigenvalue weighted by molar-refractivity contribution is 5.78. The molecule has 112 valence electrons. The Kier molecular flexibility index (Phi) is 6.27. The lowest BCUT2D eigenvalue weighted by Crippen LogP contribution is -2.49. The number of amides is 1. The van der Waals surface area contributed by atoms with E-state index in [0.717, 1.165) is 25.9 Å². The van der Waals surface area contributed by atoms with Crippen LogP contribution in [-0.2, 0) is 4.79 Å². The van der Waals surface area contributed by atoms with Crippen molar-refractivity contribution in [3.63, 3.8) is 0 Å². The van der Waals surface area contributed by atoms with Crippen LogP contribution < -0.4 is 5.73 Å². The predicted octanol–water partition coefficient (Wildman–Crippen LogP) is 1.69. The molecule has 0 aromatic carbocycles. The van der Waals surface area contributed by atoms with Gasteiger partial charge in [0.05, 0.1) is 6.54 Å². The van der Waals surface area contributed by atoms with Crippen molar-refractivity contribution in [2.75, 3.05) is 19.6 Å². The summed E-state index contributed by atoms with van der Waals surface area (Å²) in [5.74, 6) is 0.877. The minimum atomic E-state index is 0.254. The van der Waals surface area contributed by atoms with E-state index in [4.69, 9.17) is 5.73 Å². The maximum Gasteiger partial charge on any atom is 0.237 e. The van der Waals surface area contributed by atoms with Crippen molar-refractivity contribution in [2.24, 2.45) is 11.7 Å². The molecule has 1 fully saturated rings. The SMILES string of the molecule is CC(N)C1CCN(CC(=O)N(C(C)C)C(C)C)CC1. The largest absolute Gasteiger partial charge is 0.337 e. The van der Waals surface area contributed by atoms with Crippen molar-refractivity contribution in [3.05, 3.63) is 0 Å². The smallest absolute Gasteiger partial charge is 0.237 e. The molecular formula is C15H31N3O. The number of hydrogen-bond acceptors (Lipinski definition) is 3. The normalized spacial score (nSPS) is 20.0. The van der Waals surface area contributed by atoms with Crippen molar-refractivity contribution in [3.8, 4) is 0 Å². The minimum absolute atomic E-state index is 0.254. The highest BCUT2D eigenvalue weighted by atomic mass is 16.2. The van der Waals surface area contributed by atoms with Gasteiger partial charge in [-0.05, 0) is 66.5 Å². The first-order chi connectivity index (χ1) is 8.82. The first-order valence-electron chi connectivity index (χ1n) is 7.62. The highest BCUT2D eigenvalue weighted by Gasteiger charge is 2.26. The van der Waals surface area contributed by atoms with Gasteiger partial charge in [-0.25, -0.2) is 0 Å². The molecule has 0 aromatic heterocycles. The zero-order valence-electron chi connectivity index (χ0n) is 13.2. The molecule has 1 atom stereocenters. The number of carbonyl (C=O) groups is 1. The van der Waals surface area contributed by atoms with Crippen LogP contribution in [0.4, 0.5) is 0 Å². The summed E-state index contributed by atoms with van der Waals surface area (Å²) in [5.41, 5.74) is 5.95. The van der Waals surface area contributed by atoms with Gasteiger partial charge in [-0.2, -0.15) is 0 Å². The summed E-state index contributed by atoms with van der Waals surface area (Å²) < 4.78 is 0. The third-order valence-corrected chi connectivity index (χ3v) is 4.14. The Bertz CT molecular complexity index is 273. The molecule has 1 aliphatic heterocycles. The lowest BCUT2D eigenvalue weighted by Gasteiger charge is -2.36. The number of likely N-dealkylation sites (tertiary alicyclic amines) is 1. The fraction of sp³-hybridized carbons (Fsp3) is 0.933. The zero-order chi connectivity index (χ0) is 14.6. The second-order valence-electron chi connectivity index (χ2n) is 6.46. The Morgan fingerprint density at radius 3 is 2.00 bits per heavy atom. The molecular weight excluding hydrogens is 238 g/mol. The molecule has 0 saturated carbocycles. The summed E-state index contributed by atoms with van der Waals surface area (Å²) in [5, 5.41) is 0. The molecule has 2 N–H and O–H groups in total. The van der Waals surface area contributed by atoms with Crippen LogP contribution in [0.3, 0.4) is 0 Å². The Morgan fingerprint density at radius 1 is 1.16 bits per heavy atom. The van der Waals surface area contributed by atoms with Crippen LogP contribution in [0, 0.1) is 5.92 Å². The number of carbonyl (C=O) groups excluding carboxylic acids is 1. The molecule has 19 heavy (non-hydrogen) atoms. The molecule has 0 radical (unpaired) electrons. The van der Waals surface area contributed by atoms with E-state index >= 15 is 0 Å². The van der Waals surface area contributed by atoms with E-state index in [1.165, 1.54) is 0 Å². The Balaban J connectivity index is 2.45. The van der Waals surface area contributed by atoms with Gasteiger partial charge in [0.25, 0.3) is 0 Å². The van der Waals surface area contributed by atoms with Crippen LogP contribution in [0.15, 0.2) is 0 Å². The molecule has 4 nitrogen and oxygen atoms in total. The van der Waals surface area contributed by atoms with Gasteiger partial charge in [0.2, 0.25) is 5.91 Å². The predicted molar refractivity (Wildman–Crippen MR) is 79.9 cm³/mol. The van der Waals surface area contributed by atoms with Gasteiger partial charge in [-0.3, -0.25) is 9.69 Å². The van der Waals surface area contributed by atoms with Gasteiger partial charge < -0.3 is 10.6 Å². The molecule has 1 rings (SSSR count). The van der Waals surface area contributed by atoms with Crippen LogP contribution >= 0.6 is 0 Å². The van der Waals surface area contributed by atoms with Gasteiger partial charge in [-0.1, -0.05) is 0 Å². The fourth-order valence-corrected chi connectivity index (χ4v) is 3.08. The van der Waals surface area contributed by atoms with Gasteiger partial charge in [0.1, 0.15) is 0 Å². The maximum absolute atomic E-state index is 12.4. The van der Waals surface area contributed by atoms with Crippen molar-refractivity contribution in [2.45, 2.75) is 65.6 Å². The molecule has 1 unspecified atom stereocenters. The van der Waals surface area contributed by atoms with E-state index < -0.39 is 0 Å². The molecule has 1 aliphatic rings. The van der Waals surface area contributed by atoms with Crippen molar-refractivity contribution >= 4 is 5.91 Å². The number of rotatable bonds is 5. The van der Waals surface area contributed by atoms with Gasteiger partial charge in [0.15, 0.2) is 0 Å². The molecule has 1 amide bonds. The first kappa shape index (κ1) is 16.4. The van der Waals surface area contributed by atoms with Crippen molar-refractivity contribution < 1.29 is 4.79 Å². The standard InChI is InChI=1S/C15H31N3O/c1-11(2)18(12(3)4)15(19)10-17-8-6-14(7-9-17)13(5)16/h11-14H,6-10,16H2,1-5H3. The summed E-state index contributed by atoms with van der Waals surface area (Å²) >= 11 is 0. The average Bonchev–Trinajstić information content (AvgIpc) is 2.28. The summed E-state index contributed by atoms with van der Waals surface area (Å²) in [7, 11) is 0. The quantitative estimate of drug-likeness (QED) is 0.826. The summed E-state index contributed by atoms with van der Waals surface area (Å²) in [6.07, 6.45) is 2.24. The number of nitrogens with zero attached hydrogens (tertiary/aromatic N) is 2. The molecule has 0 bridgehead atoms. The molecule has 0 aliphatic carbocycles. The Labute approximate surface area is 118 Å². The lowest BCUT2D eigenvalue weighted by atomic mass is 9.91.